The van der Waals surface area contributed by atoms with Gasteiger partial charge >= 0.3 is 0 Å². The average Bonchev–Trinajstić information content (AvgIpc) is 3.13. The number of anilines is 1. The Bertz CT molecular complexity index is 1110. The van der Waals surface area contributed by atoms with Crippen molar-refractivity contribution in [3.8, 4) is 5.75 Å². The second-order valence-electron chi connectivity index (χ2n) is 8.59. The zero-order chi connectivity index (χ0) is 25.5. The number of amides is 3. The summed E-state index contributed by atoms with van der Waals surface area (Å²) in [6.07, 6.45) is 0.788. The fraction of sp³-hybridized carbons (Fsp3) is 0.423. The quantitative estimate of drug-likeness (QED) is 0.217. The first kappa shape index (κ1) is 26.4. The van der Waals surface area contributed by atoms with Crippen LogP contribution in [0.3, 0.4) is 0 Å². The van der Waals surface area contributed by atoms with Gasteiger partial charge in [-0.3, -0.25) is 19.3 Å². The first-order valence-electron chi connectivity index (χ1n) is 12.0. The molecule has 2 aromatic carbocycles. The topological polar surface area (TPSA) is 106 Å². The Balaban J connectivity index is 1.15. The van der Waals surface area contributed by atoms with Crippen LogP contribution in [-0.2, 0) is 14.3 Å². The zero-order valence-corrected chi connectivity index (χ0v) is 22.3. The van der Waals surface area contributed by atoms with Crippen molar-refractivity contribution in [1.82, 2.24) is 10.2 Å². The SMILES string of the molecule is Cc1cccc(OCCOCCOCCNc2cccc3c2C(=O)N(C2CCC(=O)NC2)C3=O)c1I. The Morgan fingerprint density at radius 2 is 1.75 bits per heavy atom. The number of benzene rings is 2. The average molecular weight is 607 g/mol. The maximum atomic E-state index is 13.1. The maximum absolute atomic E-state index is 13.1. The number of halogens is 1. The van der Waals surface area contributed by atoms with Crippen molar-refractivity contribution in [2.24, 2.45) is 0 Å². The highest BCUT2D eigenvalue weighted by Crippen LogP contribution is 2.32. The number of imide groups is 1. The van der Waals surface area contributed by atoms with Crippen molar-refractivity contribution in [3.05, 3.63) is 56.7 Å². The van der Waals surface area contributed by atoms with Gasteiger partial charge in [0.2, 0.25) is 5.91 Å². The van der Waals surface area contributed by atoms with Crippen LogP contribution in [0.15, 0.2) is 36.4 Å². The van der Waals surface area contributed by atoms with Crippen LogP contribution in [0.5, 0.6) is 5.75 Å². The lowest BCUT2D eigenvalue weighted by Crippen LogP contribution is -2.50. The van der Waals surface area contributed by atoms with Crippen molar-refractivity contribution >= 4 is 46.0 Å². The summed E-state index contributed by atoms with van der Waals surface area (Å²) < 4.78 is 18.0. The highest BCUT2D eigenvalue weighted by Gasteiger charge is 2.42. The number of nitrogens with one attached hydrogen (secondary N) is 2. The molecule has 1 atom stereocenters. The van der Waals surface area contributed by atoms with E-state index in [2.05, 4.69) is 33.2 Å². The van der Waals surface area contributed by atoms with Gasteiger partial charge in [-0.05, 0) is 59.7 Å². The molecule has 2 heterocycles. The van der Waals surface area contributed by atoms with E-state index in [4.69, 9.17) is 14.2 Å². The second-order valence-corrected chi connectivity index (χ2v) is 9.67. The third-order valence-corrected chi connectivity index (χ3v) is 7.51. The largest absolute Gasteiger partial charge is 0.490 e. The predicted molar refractivity (Wildman–Crippen MR) is 142 cm³/mol. The number of aryl methyl sites for hydroxylation is 1. The minimum atomic E-state index is -0.323. The first-order chi connectivity index (χ1) is 17.5. The van der Waals surface area contributed by atoms with Crippen molar-refractivity contribution in [1.29, 1.82) is 0 Å². The summed E-state index contributed by atoms with van der Waals surface area (Å²) in [6, 6.07) is 10.9. The molecule has 36 heavy (non-hydrogen) atoms. The van der Waals surface area contributed by atoms with Crippen LogP contribution in [0.1, 0.15) is 39.1 Å². The normalized spacial score (nSPS) is 17.2. The minimum Gasteiger partial charge on any atom is -0.490 e. The lowest BCUT2D eigenvalue weighted by atomic mass is 10.1. The molecule has 9 nitrogen and oxygen atoms in total. The van der Waals surface area contributed by atoms with Crippen LogP contribution in [0.4, 0.5) is 5.69 Å². The summed E-state index contributed by atoms with van der Waals surface area (Å²) in [7, 11) is 0. The molecule has 0 aliphatic carbocycles. The molecular formula is C26H30IN3O6. The van der Waals surface area contributed by atoms with Gasteiger partial charge in [0.25, 0.3) is 11.8 Å². The number of carbonyl (C=O) groups excluding carboxylic acids is 3. The Hall–Kier alpha value is -2.70. The molecule has 0 aromatic heterocycles. The summed E-state index contributed by atoms with van der Waals surface area (Å²) in [5.74, 6) is 0.175. The van der Waals surface area contributed by atoms with Gasteiger partial charge in [-0.1, -0.05) is 18.2 Å². The number of ether oxygens (including phenoxy) is 3. The number of nitrogens with zero attached hydrogens (tertiary/aromatic N) is 1. The van der Waals surface area contributed by atoms with Gasteiger partial charge in [-0.15, -0.1) is 0 Å². The van der Waals surface area contributed by atoms with E-state index < -0.39 is 0 Å². The third-order valence-electron chi connectivity index (χ3n) is 6.13. The molecule has 3 amide bonds. The molecule has 192 valence electrons. The fourth-order valence-electron chi connectivity index (χ4n) is 4.24. The minimum absolute atomic E-state index is 0.0546. The van der Waals surface area contributed by atoms with E-state index in [1.165, 1.54) is 10.5 Å². The predicted octanol–water partition coefficient (Wildman–Crippen LogP) is 3.00. The summed E-state index contributed by atoms with van der Waals surface area (Å²) in [5.41, 5.74) is 2.56. The van der Waals surface area contributed by atoms with E-state index in [0.717, 1.165) is 9.32 Å². The van der Waals surface area contributed by atoms with Gasteiger partial charge < -0.3 is 24.8 Å². The number of hydrogen-bond donors (Lipinski definition) is 2. The third kappa shape index (κ3) is 6.16. The molecule has 4 rings (SSSR count). The summed E-state index contributed by atoms with van der Waals surface area (Å²) in [6.45, 7) is 5.08. The number of rotatable bonds is 12. The molecule has 0 spiro atoms. The number of fused-ring (bicyclic) bond motifs is 1. The Morgan fingerprint density at radius 3 is 2.53 bits per heavy atom. The van der Waals surface area contributed by atoms with E-state index in [1.54, 1.807) is 18.2 Å². The van der Waals surface area contributed by atoms with Crippen molar-refractivity contribution in [2.45, 2.75) is 25.8 Å². The standard InChI is InChI=1S/C26H30IN3O6/c1-17-4-2-7-21(24(17)27)36-15-14-35-13-12-34-11-10-28-20-6-3-5-19-23(20)26(33)30(25(19)32)18-8-9-22(31)29-16-18/h2-7,18,28H,8-16H2,1H3,(H,29,31). The lowest BCUT2D eigenvalue weighted by Gasteiger charge is -2.29. The van der Waals surface area contributed by atoms with E-state index in [1.807, 2.05) is 25.1 Å². The molecule has 0 bridgehead atoms. The van der Waals surface area contributed by atoms with Crippen molar-refractivity contribution < 1.29 is 28.6 Å². The van der Waals surface area contributed by atoms with E-state index in [0.29, 0.717) is 75.8 Å². The Labute approximate surface area is 224 Å². The molecule has 1 unspecified atom stereocenters. The maximum Gasteiger partial charge on any atom is 0.263 e. The number of piperidine rings is 1. The molecule has 0 saturated carbocycles. The molecular weight excluding hydrogens is 577 g/mol. The van der Waals surface area contributed by atoms with Gasteiger partial charge in [0.1, 0.15) is 12.4 Å². The smallest absolute Gasteiger partial charge is 0.263 e. The van der Waals surface area contributed by atoms with E-state index >= 15 is 0 Å². The van der Waals surface area contributed by atoms with E-state index in [-0.39, 0.29) is 23.8 Å². The molecule has 2 aliphatic rings. The molecule has 10 heteroatoms. The summed E-state index contributed by atoms with van der Waals surface area (Å²) in [4.78, 5) is 38.7. The zero-order valence-electron chi connectivity index (χ0n) is 20.2. The van der Waals surface area contributed by atoms with Crippen LogP contribution in [0, 0.1) is 10.5 Å². The highest BCUT2D eigenvalue weighted by molar-refractivity contribution is 14.1. The van der Waals surface area contributed by atoms with Crippen LogP contribution < -0.4 is 15.4 Å². The van der Waals surface area contributed by atoms with Gasteiger partial charge in [-0.25, -0.2) is 0 Å². The summed E-state index contributed by atoms with van der Waals surface area (Å²) in [5, 5.41) is 5.95. The molecule has 1 fully saturated rings. The van der Waals surface area contributed by atoms with Gasteiger partial charge in [-0.2, -0.15) is 0 Å². The number of carbonyl (C=O) groups is 3. The molecule has 2 aliphatic heterocycles. The van der Waals surface area contributed by atoms with Crippen molar-refractivity contribution in [2.75, 3.05) is 51.4 Å². The second kappa shape index (κ2) is 12.5. The van der Waals surface area contributed by atoms with Gasteiger partial charge in [0.05, 0.1) is 47.2 Å². The monoisotopic (exact) mass is 607 g/mol. The molecule has 0 radical (unpaired) electrons. The highest BCUT2D eigenvalue weighted by atomic mass is 127. The fourth-order valence-corrected chi connectivity index (χ4v) is 4.76. The van der Waals surface area contributed by atoms with Crippen molar-refractivity contribution in [3.63, 3.8) is 0 Å². The van der Waals surface area contributed by atoms with Gasteiger partial charge in [0.15, 0.2) is 0 Å². The first-order valence-corrected chi connectivity index (χ1v) is 13.1. The van der Waals surface area contributed by atoms with Crippen LogP contribution in [0.25, 0.3) is 0 Å². The van der Waals surface area contributed by atoms with E-state index in [9.17, 15) is 14.4 Å². The Morgan fingerprint density at radius 1 is 1.00 bits per heavy atom. The molecule has 2 aromatic rings. The van der Waals surface area contributed by atoms with Crippen LogP contribution in [-0.4, -0.2) is 74.8 Å². The lowest BCUT2D eigenvalue weighted by molar-refractivity contribution is -0.123. The molecule has 1 saturated heterocycles. The van der Waals surface area contributed by atoms with Crippen LogP contribution >= 0.6 is 22.6 Å². The van der Waals surface area contributed by atoms with Gasteiger partial charge in [0, 0.05) is 25.2 Å². The Kier molecular flexibility index (Phi) is 9.16. The number of hydrogen-bond acceptors (Lipinski definition) is 7. The summed E-state index contributed by atoms with van der Waals surface area (Å²) >= 11 is 2.28. The van der Waals surface area contributed by atoms with Crippen LogP contribution in [0.2, 0.25) is 0 Å². The molecule has 2 N–H and O–H groups in total.